The van der Waals surface area contributed by atoms with Crippen molar-refractivity contribution in [1.82, 2.24) is 10.2 Å². The van der Waals surface area contributed by atoms with E-state index in [-0.39, 0.29) is 31.0 Å². The molecular formula is C29H32N2O5S. The smallest absolute Gasteiger partial charge is 0.268 e. The second kappa shape index (κ2) is 11.7. The monoisotopic (exact) mass is 520 g/mol. The lowest BCUT2D eigenvalue weighted by Crippen LogP contribution is -2.51. The lowest BCUT2D eigenvalue weighted by molar-refractivity contribution is -0.149. The van der Waals surface area contributed by atoms with Gasteiger partial charge in [-0.15, -0.1) is 11.3 Å². The molecule has 2 amide bonds. The summed E-state index contributed by atoms with van der Waals surface area (Å²) in [6.45, 7) is 0.321. The van der Waals surface area contributed by atoms with Gasteiger partial charge in [0.25, 0.3) is 5.91 Å². The summed E-state index contributed by atoms with van der Waals surface area (Å²) < 4.78 is 17.2. The number of benzene rings is 2. The summed E-state index contributed by atoms with van der Waals surface area (Å²) in [5, 5.41) is 5.18. The third-order valence-electron chi connectivity index (χ3n) is 6.90. The Kier molecular flexibility index (Phi) is 7.94. The number of para-hydroxylation sites is 2. The molecule has 7 nitrogen and oxygen atoms in total. The van der Waals surface area contributed by atoms with Crippen molar-refractivity contribution in [3.05, 3.63) is 76.5 Å². The zero-order chi connectivity index (χ0) is 25.6. The molecule has 2 atom stereocenters. The lowest BCUT2D eigenvalue weighted by Gasteiger charge is -2.36. The van der Waals surface area contributed by atoms with Crippen LogP contribution in [0, 0.1) is 0 Å². The van der Waals surface area contributed by atoms with Crippen LogP contribution in [0.2, 0.25) is 0 Å². The summed E-state index contributed by atoms with van der Waals surface area (Å²) in [5.41, 5.74) is 0.887. The van der Waals surface area contributed by atoms with E-state index in [1.165, 1.54) is 17.8 Å². The van der Waals surface area contributed by atoms with Crippen molar-refractivity contribution in [2.24, 2.45) is 0 Å². The first-order valence-electron chi connectivity index (χ1n) is 12.8. The van der Waals surface area contributed by atoms with Gasteiger partial charge in [-0.3, -0.25) is 9.59 Å². The van der Waals surface area contributed by atoms with Crippen molar-refractivity contribution < 1.29 is 23.8 Å². The van der Waals surface area contributed by atoms with Crippen LogP contribution in [0.15, 0.2) is 66.0 Å². The van der Waals surface area contributed by atoms with E-state index in [1.54, 1.807) is 18.1 Å². The van der Waals surface area contributed by atoms with Gasteiger partial charge in [-0.1, -0.05) is 49.6 Å². The number of hydrogen-bond donors (Lipinski definition) is 1. The first-order valence-corrected chi connectivity index (χ1v) is 13.7. The van der Waals surface area contributed by atoms with Gasteiger partial charge in [0, 0.05) is 17.5 Å². The van der Waals surface area contributed by atoms with E-state index in [0.717, 1.165) is 41.9 Å². The second-order valence-corrected chi connectivity index (χ2v) is 10.4. The van der Waals surface area contributed by atoms with Gasteiger partial charge in [0.15, 0.2) is 11.5 Å². The highest BCUT2D eigenvalue weighted by molar-refractivity contribution is 7.10. The molecule has 2 aliphatic rings. The van der Waals surface area contributed by atoms with E-state index >= 15 is 0 Å². The average Bonchev–Trinajstić information content (AvgIpc) is 3.47. The molecule has 0 radical (unpaired) electrons. The number of carbonyl (C=O) groups is 2. The zero-order valence-electron chi connectivity index (χ0n) is 20.9. The summed E-state index contributed by atoms with van der Waals surface area (Å²) in [6, 6.07) is 18.0. The molecule has 2 heterocycles. The summed E-state index contributed by atoms with van der Waals surface area (Å²) in [7, 11) is 1.62. The Bertz CT molecular complexity index is 1190. The number of hydrogen-bond acceptors (Lipinski definition) is 6. The Labute approximate surface area is 221 Å². The minimum atomic E-state index is -0.863. The quantitative estimate of drug-likeness (QED) is 0.446. The first kappa shape index (κ1) is 25.1. The summed E-state index contributed by atoms with van der Waals surface area (Å²) in [5.74, 6) is 1.41. The maximum absolute atomic E-state index is 14.1. The van der Waals surface area contributed by atoms with Crippen LogP contribution in [-0.4, -0.2) is 42.6 Å². The van der Waals surface area contributed by atoms with Gasteiger partial charge in [0.05, 0.1) is 7.11 Å². The van der Waals surface area contributed by atoms with Gasteiger partial charge in [0.1, 0.15) is 18.4 Å². The van der Waals surface area contributed by atoms with Crippen LogP contribution in [0.1, 0.15) is 48.6 Å². The summed E-state index contributed by atoms with van der Waals surface area (Å²) in [4.78, 5) is 30.4. The Morgan fingerprint density at radius 3 is 2.49 bits per heavy atom. The third-order valence-corrected chi connectivity index (χ3v) is 7.83. The molecule has 0 bridgehead atoms. The summed E-state index contributed by atoms with van der Waals surface area (Å²) >= 11 is 1.47. The van der Waals surface area contributed by atoms with Gasteiger partial charge in [0.2, 0.25) is 12.0 Å². The van der Waals surface area contributed by atoms with Crippen LogP contribution in [0.4, 0.5) is 0 Å². The highest BCUT2D eigenvalue weighted by Crippen LogP contribution is 2.34. The number of amides is 2. The zero-order valence-corrected chi connectivity index (χ0v) is 21.7. The first-order chi connectivity index (χ1) is 18.1. The molecule has 37 heavy (non-hydrogen) atoms. The molecule has 1 fully saturated rings. The molecule has 1 aliphatic heterocycles. The Hall–Kier alpha value is -3.52. The predicted molar refractivity (Wildman–Crippen MR) is 142 cm³/mol. The number of rotatable bonds is 8. The van der Waals surface area contributed by atoms with Crippen molar-refractivity contribution in [2.45, 2.75) is 56.8 Å². The predicted octanol–water partition coefficient (Wildman–Crippen LogP) is 5.12. The largest absolute Gasteiger partial charge is 0.497 e. The highest BCUT2D eigenvalue weighted by Gasteiger charge is 2.39. The molecule has 1 N–H and O–H groups in total. The second-order valence-electron chi connectivity index (χ2n) is 9.44. The van der Waals surface area contributed by atoms with E-state index in [9.17, 15) is 9.59 Å². The minimum Gasteiger partial charge on any atom is -0.497 e. The van der Waals surface area contributed by atoms with Crippen LogP contribution < -0.4 is 19.5 Å². The van der Waals surface area contributed by atoms with Crippen molar-refractivity contribution >= 4 is 23.2 Å². The van der Waals surface area contributed by atoms with Gasteiger partial charge in [-0.2, -0.15) is 0 Å². The molecular weight excluding hydrogens is 488 g/mol. The van der Waals surface area contributed by atoms with Crippen molar-refractivity contribution in [1.29, 1.82) is 0 Å². The van der Waals surface area contributed by atoms with Gasteiger partial charge in [-0.05, 0) is 54.1 Å². The number of fused-ring (bicyclic) bond motifs is 1. The van der Waals surface area contributed by atoms with Crippen LogP contribution in [0.5, 0.6) is 17.2 Å². The molecule has 1 aromatic heterocycles. The van der Waals surface area contributed by atoms with Crippen LogP contribution in [0.3, 0.4) is 0 Å². The Morgan fingerprint density at radius 1 is 1.03 bits per heavy atom. The molecule has 0 unspecified atom stereocenters. The molecule has 5 rings (SSSR count). The van der Waals surface area contributed by atoms with E-state index in [0.29, 0.717) is 11.5 Å². The minimum absolute atomic E-state index is 0.0797. The van der Waals surface area contributed by atoms with Crippen molar-refractivity contribution in [3.63, 3.8) is 0 Å². The highest BCUT2D eigenvalue weighted by atomic mass is 32.1. The molecule has 0 spiro atoms. The lowest BCUT2D eigenvalue weighted by atomic mass is 9.95. The SMILES string of the molecule is COc1ccc(CN(C(=O)[C@H]2COc3ccccc3O2)[C@@H](C(=O)NC2CCCCC2)c2cccs2)cc1. The van der Waals surface area contributed by atoms with E-state index in [2.05, 4.69) is 5.32 Å². The van der Waals surface area contributed by atoms with Crippen molar-refractivity contribution in [2.75, 3.05) is 13.7 Å². The number of nitrogens with one attached hydrogen (secondary N) is 1. The number of carbonyl (C=O) groups excluding carboxylic acids is 2. The molecule has 1 saturated carbocycles. The van der Waals surface area contributed by atoms with E-state index in [4.69, 9.17) is 14.2 Å². The fourth-order valence-corrected chi connectivity index (χ4v) is 5.78. The van der Waals surface area contributed by atoms with Gasteiger partial charge < -0.3 is 24.4 Å². The molecule has 194 valence electrons. The van der Waals surface area contributed by atoms with Crippen LogP contribution in [-0.2, 0) is 16.1 Å². The molecule has 1 aliphatic carbocycles. The maximum atomic E-state index is 14.1. The average molecular weight is 521 g/mol. The topological polar surface area (TPSA) is 77.1 Å². The number of methoxy groups -OCH3 is 1. The molecule has 2 aromatic carbocycles. The standard InChI is InChI=1S/C29H32N2O5S/c1-34-22-15-13-20(14-16-22)18-31(29(33)25-19-35-23-10-5-6-11-24(23)36-25)27(26-12-7-17-37-26)28(32)30-21-8-3-2-4-9-21/h5-7,10-17,21,25,27H,2-4,8-9,18-19H2,1H3,(H,30,32)/t25-,27-/m1/s1. The van der Waals surface area contributed by atoms with Crippen LogP contribution in [0.25, 0.3) is 0 Å². The third kappa shape index (κ3) is 5.91. The van der Waals surface area contributed by atoms with Gasteiger partial charge in [-0.25, -0.2) is 0 Å². The van der Waals surface area contributed by atoms with Crippen LogP contribution >= 0.6 is 11.3 Å². The number of ether oxygens (including phenoxy) is 3. The van der Waals surface area contributed by atoms with E-state index < -0.39 is 12.1 Å². The molecule has 0 saturated heterocycles. The number of nitrogens with zero attached hydrogens (tertiary/aromatic N) is 1. The molecule has 3 aromatic rings. The Morgan fingerprint density at radius 2 is 1.78 bits per heavy atom. The Balaban J connectivity index is 1.46. The fraction of sp³-hybridized carbons (Fsp3) is 0.379. The maximum Gasteiger partial charge on any atom is 0.268 e. The fourth-order valence-electron chi connectivity index (χ4n) is 4.95. The van der Waals surface area contributed by atoms with Gasteiger partial charge >= 0.3 is 0 Å². The van der Waals surface area contributed by atoms with Crippen molar-refractivity contribution in [3.8, 4) is 17.2 Å². The molecule has 8 heteroatoms. The summed E-state index contributed by atoms with van der Waals surface area (Å²) in [6.07, 6.45) is 4.48. The normalized spacial score (nSPS) is 18.0. The number of thiophene rings is 1. The van der Waals surface area contributed by atoms with E-state index in [1.807, 2.05) is 60.0 Å².